The van der Waals surface area contributed by atoms with Crippen molar-refractivity contribution in [1.29, 1.82) is 0 Å². The van der Waals surface area contributed by atoms with Crippen LogP contribution in [0, 0.1) is 6.92 Å². The van der Waals surface area contributed by atoms with Gasteiger partial charge in [-0.2, -0.15) is 18.3 Å². The summed E-state index contributed by atoms with van der Waals surface area (Å²) in [5, 5.41) is 13.5. The molecule has 9 nitrogen and oxygen atoms in total. The lowest BCUT2D eigenvalue weighted by Crippen LogP contribution is -2.32. The van der Waals surface area contributed by atoms with Crippen LogP contribution in [0.1, 0.15) is 22.9 Å². The Kier molecular flexibility index (Phi) is 8.57. The normalized spacial score (nSPS) is 13.0. The molecule has 0 amide bonds. The van der Waals surface area contributed by atoms with Gasteiger partial charge in [0.1, 0.15) is 6.04 Å². The quantitative estimate of drug-likeness (QED) is 0.236. The summed E-state index contributed by atoms with van der Waals surface area (Å²) in [6, 6.07) is 11.6. The SMILES string of the molecule is Cc1ccn(-c2cc(Cl)ccc2[C@@H](Oc2nccn3c(-c4ccc(CC(N)C(=O)O)cc4)cnc23)C(F)(F)F)n1.Cl. The number of aryl methyl sites for hydroxylation is 1. The third kappa shape index (κ3) is 6.29. The largest absolute Gasteiger partial charge is 0.480 e. The zero-order chi connectivity index (χ0) is 28.6. The van der Waals surface area contributed by atoms with Crippen molar-refractivity contribution < 1.29 is 27.8 Å². The van der Waals surface area contributed by atoms with E-state index in [2.05, 4.69) is 15.1 Å². The molecule has 3 aromatic heterocycles. The Balaban J connectivity index is 0.00000387. The third-order valence-electron chi connectivity index (χ3n) is 6.19. The Morgan fingerprint density at radius 2 is 1.85 bits per heavy atom. The topological polar surface area (TPSA) is 121 Å². The van der Waals surface area contributed by atoms with Crippen molar-refractivity contribution >= 4 is 35.6 Å². The summed E-state index contributed by atoms with van der Waals surface area (Å²) < 4.78 is 51.8. The second kappa shape index (κ2) is 11.8. The van der Waals surface area contributed by atoms with Gasteiger partial charge < -0.3 is 15.6 Å². The number of ether oxygens (including phenoxy) is 1. The summed E-state index contributed by atoms with van der Waals surface area (Å²) in [7, 11) is 0. The van der Waals surface area contributed by atoms with Gasteiger partial charge in [-0.25, -0.2) is 14.6 Å². The zero-order valence-electron chi connectivity index (χ0n) is 21.3. The van der Waals surface area contributed by atoms with Crippen LogP contribution in [0.5, 0.6) is 5.88 Å². The van der Waals surface area contributed by atoms with Gasteiger partial charge in [-0.1, -0.05) is 41.9 Å². The Hall–Kier alpha value is -4.13. The average molecular weight is 607 g/mol. The first-order valence-corrected chi connectivity index (χ1v) is 12.3. The van der Waals surface area contributed by atoms with Crippen molar-refractivity contribution in [2.24, 2.45) is 5.73 Å². The predicted octanol–water partition coefficient (Wildman–Crippen LogP) is 5.60. The van der Waals surface area contributed by atoms with E-state index < -0.39 is 24.3 Å². The van der Waals surface area contributed by atoms with Crippen molar-refractivity contribution in [3.05, 3.63) is 95.2 Å². The van der Waals surface area contributed by atoms with Gasteiger partial charge in [0.15, 0.2) is 0 Å². The first kappa shape index (κ1) is 29.8. The molecule has 0 saturated carbocycles. The fraction of sp³-hybridized carbons (Fsp3) is 0.185. The van der Waals surface area contributed by atoms with E-state index in [1.807, 2.05) is 0 Å². The van der Waals surface area contributed by atoms with Crippen LogP contribution >= 0.6 is 24.0 Å². The van der Waals surface area contributed by atoms with Gasteiger partial charge in [0.05, 0.1) is 23.3 Å². The van der Waals surface area contributed by atoms with E-state index in [0.29, 0.717) is 17.0 Å². The highest BCUT2D eigenvalue weighted by Gasteiger charge is 2.45. The summed E-state index contributed by atoms with van der Waals surface area (Å²) in [5.74, 6) is -1.42. The fourth-order valence-electron chi connectivity index (χ4n) is 4.25. The second-order valence-corrected chi connectivity index (χ2v) is 9.50. The molecule has 0 aliphatic rings. The van der Waals surface area contributed by atoms with Crippen LogP contribution in [-0.2, 0) is 11.2 Å². The number of carbonyl (C=O) groups is 1. The van der Waals surface area contributed by atoms with Crippen LogP contribution in [0.25, 0.3) is 22.6 Å². The number of benzene rings is 2. The van der Waals surface area contributed by atoms with Gasteiger partial charge in [0, 0.05) is 34.7 Å². The number of fused-ring (bicyclic) bond motifs is 1. The number of aliphatic carboxylic acids is 1. The lowest BCUT2D eigenvalue weighted by atomic mass is 10.0. The van der Waals surface area contributed by atoms with Gasteiger partial charge in [-0.05, 0) is 37.1 Å². The number of rotatable bonds is 8. The smallest absolute Gasteiger partial charge is 0.429 e. The highest BCUT2D eigenvalue weighted by atomic mass is 35.5. The predicted molar refractivity (Wildman–Crippen MR) is 148 cm³/mol. The second-order valence-electron chi connectivity index (χ2n) is 9.06. The standard InChI is InChI=1S/C27H22ClF3N6O3.ClH/c1-15-8-10-37(35-15)21-13-18(28)6-7-19(21)23(27(29,30)31)40-25-24-34-14-22(36(24)11-9-33-25)17-4-2-16(3-5-17)12-20(32)26(38)39;/h2-11,13-14,20,23H,12,32H2,1H3,(H,38,39);1H/t20?,23-;/m1./s1. The first-order valence-electron chi connectivity index (χ1n) is 12.0. The van der Waals surface area contributed by atoms with Crippen molar-refractivity contribution in [2.45, 2.75) is 31.7 Å². The molecular weight excluding hydrogens is 584 g/mol. The maximum Gasteiger partial charge on any atom is 0.429 e. The van der Waals surface area contributed by atoms with Gasteiger partial charge >= 0.3 is 12.1 Å². The van der Waals surface area contributed by atoms with Crippen molar-refractivity contribution in [2.75, 3.05) is 0 Å². The number of alkyl halides is 3. The van der Waals surface area contributed by atoms with Crippen LogP contribution in [-0.4, -0.2) is 47.4 Å². The molecule has 0 spiro atoms. The number of hydrogen-bond acceptors (Lipinski definition) is 6. The number of nitrogens with zero attached hydrogens (tertiary/aromatic N) is 5. The molecule has 14 heteroatoms. The Bertz CT molecular complexity index is 1690. The maximum absolute atomic E-state index is 14.5. The number of imidazole rings is 1. The molecule has 0 saturated heterocycles. The number of hydrogen-bond donors (Lipinski definition) is 2. The van der Waals surface area contributed by atoms with E-state index in [4.69, 9.17) is 27.2 Å². The highest BCUT2D eigenvalue weighted by molar-refractivity contribution is 6.30. The van der Waals surface area contributed by atoms with E-state index in [1.54, 1.807) is 54.0 Å². The number of aromatic nitrogens is 5. The number of halogens is 5. The minimum atomic E-state index is -4.82. The Morgan fingerprint density at radius 1 is 1.12 bits per heavy atom. The van der Waals surface area contributed by atoms with Crippen molar-refractivity contribution in [3.63, 3.8) is 0 Å². The van der Waals surface area contributed by atoms with E-state index >= 15 is 0 Å². The molecule has 0 bridgehead atoms. The molecule has 0 radical (unpaired) electrons. The summed E-state index contributed by atoms with van der Waals surface area (Å²) in [6.07, 6.45) is -1.16. The van der Waals surface area contributed by atoms with Gasteiger partial charge in [0.2, 0.25) is 11.8 Å². The molecule has 0 aliphatic heterocycles. The average Bonchev–Trinajstić information content (AvgIpc) is 3.54. The lowest BCUT2D eigenvalue weighted by molar-refractivity contribution is -0.198. The Morgan fingerprint density at radius 3 is 2.49 bits per heavy atom. The number of nitrogens with two attached hydrogens (primary N) is 1. The summed E-state index contributed by atoms with van der Waals surface area (Å²) in [5.41, 5.74) is 8.19. The minimum Gasteiger partial charge on any atom is -0.480 e. The highest BCUT2D eigenvalue weighted by Crippen LogP contribution is 2.40. The maximum atomic E-state index is 14.5. The zero-order valence-corrected chi connectivity index (χ0v) is 22.9. The monoisotopic (exact) mass is 606 g/mol. The molecule has 5 aromatic rings. The number of carboxylic acids is 1. The molecule has 41 heavy (non-hydrogen) atoms. The van der Waals surface area contributed by atoms with Crippen LogP contribution in [0.4, 0.5) is 13.2 Å². The molecule has 2 aromatic carbocycles. The van der Waals surface area contributed by atoms with Crippen LogP contribution in [0.3, 0.4) is 0 Å². The molecule has 3 heterocycles. The van der Waals surface area contributed by atoms with Gasteiger partial charge in [0.25, 0.3) is 5.88 Å². The molecule has 5 rings (SSSR count). The van der Waals surface area contributed by atoms with Gasteiger partial charge in [-0.3, -0.25) is 9.20 Å². The fourth-order valence-corrected chi connectivity index (χ4v) is 4.42. The molecule has 1 unspecified atom stereocenters. The summed E-state index contributed by atoms with van der Waals surface area (Å²) in [6.45, 7) is 1.72. The van der Waals surface area contributed by atoms with E-state index in [-0.39, 0.29) is 46.6 Å². The summed E-state index contributed by atoms with van der Waals surface area (Å²) in [4.78, 5) is 19.4. The molecule has 3 N–H and O–H groups in total. The molecule has 0 fully saturated rings. The summed E-state index contributed by atoms with van der Waals surface area (Å²) >= 11 is 6.12. The van der Waals surface area contributed by atoms with Crippen LogP contribution in [0.15, 0.2) is 73.3 Å². The first-order chi connectivity index (χ1) is 19.0. The van der Waals surface area contributed by atoms with E-state index in [9.17, 15) is 18.0 Å². The van der Waals surface area contributed by atoms with E-state index in [0.717, 1.165) is 5.56 Å². The lowest BCUT2D eigenvalue weighted by Gasteiger charge is -2.24. The van der Waals surface area contributed by atoms with E-state index in [1.165, 1.54) is 35.3 Å². The molecule has 214 valence electrons. The van der Waals surface area contributed by atoms with Crippen molar-refractivity contribution in [3.8, 4) is 22.8 Å². The van der Waals surface area contributed by atoms with Crippen LogP contribution < -0.4 is 10.5 Å². The van der Waals surface area contributed by atoms with Crippen LogP contribution in [0.2, 0.25) is 5.02 Å². The van der Waals surface area contributed by atoms with Crippen molar-refractivity contribution in [1.82, 2.24) is 24.1 Å². The van der Waals surface area contributed by atoms with Gasteiger partial charge in [-0.15, -0.1) is 12.4 Å². The third-order valence-corrected chi connectivity index (χ3v) is 6.42. The number of carboxylic acid groups (broad SMARTS) is 1. The molecule has 2 atom stereocenters. The molecular formula is C27H23Cl2F3N6O3. The Labute approximate surface area is 242 Å². The minimum absolute atomic E-state index is 0. The molecule has 0 aliphatic carbocycles.